The van der Waals surface area contributed by atoms with Crippen LogP contribution in [0.25, 0.3) is 17.2 Å². The van der Waals surface area contributed by atoms with Gasteiger partial charge in [0.1, 0.15) is 0 Å². The fourth-order valence-electron chi connectivity index (χ4n) is 5.05. The smallest absolute Gasteiger partial charge is 0.328 e. The summed E-state index contributed by atoms with van der Waals surface area (Å²) in [7, 11) is 4.04. The number of anilines is 2. The number of rotatable bonds is 8. The maximum Gasteiger partial charge on any atom is 0.328 e. The van der Waals surface area contributed by atoms with Gasteiger partial charge in [-0.2, -0.15) is 0 Å². The highest BCUT2D eigenvalue weighted by Crippen LogP contribution is 2.42. The molecule has 1 aliphatic rings. The van der Waals surface area contributed by atoms with Gasteiger partial charge in [-0.1, -0.05) is 67.3 Å². The van der Waals surface area contributed by atoms with E-state index < -0.39 is 11.4 Å². The van der Waals surface area contributed by atoms with E-state index in [0.29, 0.717) is 17.1 Å². The summed E-state index contributed by atoms with van der Waals surface area (Å²) in [5.74, 6) is -1.02. The summed E-state index contributed by atoms with van der Waals surface area (Å²) in [5.41, 5.74) is 5.10. The van der Waals surface area contributed by atoms with E-state index in [9.17, 15) is 9.59 Å². The van der Waals surface area contributed by atoms with Gasteiger partial charge in [-0.3, -0.25) is 4.79 Å². The topological polar surface area (TPSA) is 69.6 Å². The molecule has 0 atom stereocenters. The van der Waals surface area contributed by atoms with Crippen molar-refractivity contribution in [2.45, 2.75) is 38.5 Å². The van der Waals surface area contributed by atoms with Gasteiger partial charge in [-0.05, 0) is 77.9 Å². The molecular weight excluding hydrogens is 484 g/mol. The zero-order valence-corrected chi connectivity index (χ0v) is 22.1. The molecule has 1 amide bonds. The average molecular weight is 517 g/mol. The first kappa shape index (κ1) is 26.5. The van der Waals surface area contributed by atoms with Crippen LogP contribution in [0.3, 0.4) is 0 Å². The van der Waals surface area contributed by atoms with Crippen LogP contribution in [0.1, 0.15) is 43.2 Å². The minimum Gasteiger partial charge on any atom is -0.478 e. The van der Waals surface area contributed by atoms with E-state index >= 15 is 0 Å². The second kappa shape index (κ2) is 11.7. The van der Waals surface area contributed by atoms with Gasteiger partial charge in [0.05, 0.1) is 5.41 Å². The minimum absolute atomic E-state index is 0.00835. The maximum absolute atomic E-state index is 13.7. The zero-order valence-electron chi connectivity index (χ0n) is 21.3. The monoisotopic (exact) mass is 516 g/mol. The van der Waals surface area contributed by atoms with Crippen LogP contribution in [0.5, 0.6) is 0 Å². The third-order valence-electron chi connectivity index (χ3n) is 7.15. The van der Waals surface area contributed by atoms with Crippen LogP contribution in [0, 0.1) is 5.41 Å². The molecule has 5 nitrogen and oxygen atoms in total. The fourth-order valence-corrected chi connectivity index (χ4v) is 5.30. The lowest BCUT2D eigenvalue weighted by molar-refractivity contribution is -0.131. The number of aliphatic carboxylic acids is 1. The van der Waals surface area contributed by atoms with Crippen molar-refractivity contribution in [1.82, 2.24) is 0 Å². The number of carbonyl (C=O) groups is 2. The van der Waals surface area contributed by atoms with Crippen molar-refractivity contribution in [3.63, 3.8) is 0 Å². The van der Waals surface area contributed by atoms with Gasteiger partial charge >= 0.3 is 5.97 Å². The van der Waals surface area contributed by atoms with E-state index in [4.69, 9.17) is 16.7 Å². The Labute approximate surface area is 223 Å². The molecule has 1 saturated carbocycles. The summed E-state index contributed by atoms with van der Waals surface area (Å²) in [5, 5.41) is 12.7. The van der Waals surface area contributed by atoms with Crippen LogP contribution in [0.2, 0.25) is 5.02 Å². The molecule has 0 spiro atoms. The molecule has 0 aromatic heterocycles. The Balaban J connectivity index is 1.55. The Morgan fingerprint density at radius 3 is 2.32 bits per heavy atom. The zero-order chi connectivity index (χ0) is 26.4. The Kier molecular flexibility index (Phi) is 8.34. The Morgan fingerprint density at radius 2 is 1.68 bits per heavy atom. The van der Waals surface area contributed by atoms with Crippen molar-refractivity contribution in [3.8, 4) is 11.1 Å². The second-order valence-corrected chi connectivity index (χ2v) is 10.4. The quantitative estimate of drug-likeness (QED) is 0.308. The van der Waals surface area contributed by atoms with Gasteiger partial charge in [-0.15, -0.1) is 0 Å². The van der Waals surface area contributed by atoms with Crippen molar-refractivity contribution in [2.75, 3.05) is 24.3 Å². The summed E-state index contributed by atoms with van der Waals surface area (Å²) >= 11 is 6.79. The van der Waals surface area contributed by atoms with E-state index in [1.165, 1.54) is 6.08 Å². The van der Waals surface area contributed by atoms with Gasteiger partial charge in [0, 0.05) is 36.6 Å². The van der Waals surface area contributed by atoms with Crippen LogP contribution in [0.4, 0.5) is 11.4 Å². The first-order valence-electron chi connectivity index (χ1n) is 12.6. The number of benzene rings is 3. The summed E-state index contributed by atoms with van der Waals surface area (Å²) in [6, 6.07) is 21.7. The predicted octanol–water partition coefficient (Wildman–Crippen LogP) is 7.30. The standard InChI is InChI=1S/C31H33ClN2O3/c1-34(2)27-14-12-23(13-15-27)24-10-11-25(28(32)20-24)21-31(17-4-3-5-18-31)30(37)33-26-8-6-7-22(19-26)9-16-29(35)36/h6-16,19-20H,3-5,17-18,21H2,1-2H3,(H,33,37)(H,35,36)/b16-9+. The van der Waals surface area contributed by atoms with E-state index in [2.05, 4.69) is 46.6 Å². The van der Waals surface area contributed by atoms with Crippen LogP contribution < -0.4 is 10.2 Å². The molecule has 37 heavy (non-hydrogen) atoms. The number of carbonyl (C=O) groups excluding carboxylic acids is 1. The van der Waals surface area contributed by atoms with Gasteiger partial charge in [0.15, 0.2) is 0 Å². The molecule has 0 radical (unpaired) electrons. The summed E-state index contributed by atoms with van der Waals surface area (Å²) in [6.45, 7) is 0. The highest BCUT2D eigenvalue weighted by Gasteiger charge is 2.40. The molecule has 3 aromatic rings. The van der Waals surface area contributed by atoms with E-state index in [1.807, 2.05) is 32.3 Å². The van der Waals surface area contributed by atoms with E-state index in [-0.39, 0.29) is 5.91 Å². The lowest BCUT2D eigenvalue weighted by Crippen LogP contribution is -2.40. The van der Waals surface area contributed by atoms with Gasteiger partial charge in [-0.25, -0.2) is 4.79 Å². The molecule has 1 aliphatic carbocycles. The third-order valence-corrected chi connectivity index (χ3v) is 7.51. The molecule has 6 heteroatoms. The number of halogens is 1. The molecule has 192 valence electrons. The van der Waals surface area contributed by atoms with Crippen LogP contribution in [-0.2, 0) is 16.0 Å². The summed E-state index contributed by atoms with van der Waals surface area (Å²) in [4.78, 5) is 26.6. The summed E-state index contributed by atoms with van der Waals surface area (Å²) in [6.07, 6.45) is 7.93. The average Bonchev–Trinajstić information content (AvgIpc) is 2.89. The molecule has 0 heterocycles. The Morgan fingerprint density at radius 1 is 0.973 bits per heavy atom. The maximum atomic E-state index is 13.7. The van der Waals surface area contributed by atoms with Crippen molar-refractivity contribution >= 4 is 40.9 Å². The van der Waals surface area contributed by atoms with Gasteiger partial charge in [0.25, 0.3) is 0 Å². The molecule has 3 aromatic carbocycles. The Hall–Kier alpha value is -3.57. The highest BCUT2D eigenvalue weighted by molar-refractivity contribution is 6.31. The number of carboxylic acids is 1. The molecule has 0 unspecified atom stereocenters. The van der Waals surface area contributed by atoms with Crippen LogP contribution in [-0.4, -0.2) is 31.1 Å². The van der Waals surface area contributed by atoms with Crippen molar-refractivity contribution in [3.05, 3.63) is 89.0 Å². The van der Waals surface area contributed by atoms with Crippen molar-refractivity contribution in [2.24, 2.45) is 5.41 Å². The normalized spacial score (nSPS) is 14.9. The van der Waals surface area contributed by atoms with Crippen molar-refractivity contribution < 1.29 is 14.7 Å². The molecule has 0 bridgehead atoms. The number of hydrogen-bond acceptors (Lipinski definition) is 3. The largest absolute Gasteiger partial charge is 0.478 e. The minimum atomic E-state index is -1.01. The molecule has 4 rings (SSSR count). The lowest BCUT2D eigenvalue weighted by atomic mass is 9.69. The number of hydrogen-bond donors (Lipinski definition) is 2. The van der Waals surface area contributed by atoms with Gasteiger partial charge < -0.3 is 15.3 Å². The van der Waals surface area contributed by atoms with Crippen LogP contribution >= 0.6 is 11.6 Å². The van der Waals surface area contributed by atoms with E-state index in [0.717, 1.165) is 66.1 Å². The molecule has 0 aliphatic heterocycles. The fraction of sp³-hybridized carbons (Fsp3) is 0.290. The van der Waals surface area contributed by atoms with Gasteiger partial charge in [0.2, 0.25) is 5.91 Å². The number of nitrogens with zero attached hydrogens (tertiary/aromatic N) is 1. The summed E-state index contributed by atoms with van der Waals surface area (Å²) < 4.78 is 0. The Bertz CT molecular complexity index is 1290. The molecular formula is C31H33ClN2O3. The van der Waals surface area contributed by atoms with Crippen molar-refractivity contribution in [1.29, 1.82) is 0 Å². The lowest BCUT2D eigenvalue weighted by Gasteiger charge is -2.36. The van der Waals surface area contributed by atoms with Crippen LogP contribution in [0.15, 0.2) is 72.8 Å². The first-order valence-corrected chi connectivity index (χ1v) is 13.0. The first-order chi connectivity index (χ1) is 17.8. The molecule has 1 fully saturated rings. The third kappa shape index (κ3) is 6.60. The number of carboxylic acid groups (broad SMARTS) is 1. The number of nitrogens with one attached hydrogen (secondary N) is 1. The molecule has 0 saturated heterocycles. The molecule has 2 N–H and O–H groups in total. The number of amides is 1. The van der Waals surface area contributed by atoms with E-state index in [1.54, 1.807) is 12.1 Å². The predicted molar refractivity (Wildman–Crippen MR) is 152 cm³/mol. The SMILES string of the molecule is CN(C)c1ccc(-c2ccc(CC3(C(=O)Nc4cccc(/C=C/C(=O)O)c4)CCCCC3)c(Cl)c2)cc1. The second-order valence-electron chi connectivity index (χ2n) is 10.0. The highest BCUT2D eigenvalue weighted by atomic mass is 35.5.